The summed E-state index contributed by atoms with van der Waals surface area (Å²) in [5.74, 6) is 1.46. The van der Waals surface area contributed by atoms with Crippen LogP contribution in [0, 0.1) is 11.8 Å². The van der Waals surface area contributed by atoms with Crippen molar-refractivity contribution >= 4 is 5.91 Å². The zero-order valence-corrected chi connectivity index (χ0v) is 8.99. The van der Waals surface area contributed by atoms with Gasteiger partial charge in [-0.15, -0.1) is 0 Å². The minimum atomic E-state index is -0.0247. The summed E-state index contributed by atoms with van der Waals surface area (Å²) < 4.78 is 0. The summed E-state index contributed by atoms with van der Waals surface area (Å²) in [6.45, 7) is 3.08. The quantitative estimate of drug-likeness (QED) is 0.790. The van der Waals surface area contributed by atoms with Crippen molar-refractivity contribution in [2.45, 2.75) is 26.2 Å². The van der Waals surface area contributed by atoms with Crippen molar-refractivity contribution in [2.75, 3.05) is 6.54 Å². The van der Waals surface area contributed by atoms with Gasteiger partial charge < -0.3 is 5.32 Å². The van der Waals surface area contributed by atoms with Gasteiger partial charge in [0.15, 0.2) is 0 Å². The molecule has 0 bridgehead atoms. The second-order valence-electron chi connectivity index (χ2n) is 4.48. The number of rotatable bonds is 3. The highest BCUT2D eigenvalue weighted by Gasteiger charge is 2.21. The van der Waals surface area contributed by atoms with E-state index in [-0.39, 0.29) is 5.91 Å². The van der Waals surface area contributed by atoms with Gasteiger partial charge in [-0.05, 0) is 24.7 Å². The zero-order valence-electron chi connectivity index (χ0n) is 8.99. The van der Waals surface area contributed by atoms with Crippen LogP contribution in [0.2, 0.25) is 0 Å². The molecule has 1 saturated carbocycles. The van der Waals surface area contributed by atoms with Crippen LogP contribution in [0.4, 0.5) is 0 Å². The molecule has 0 unspecified atom stereocenters. The monoisotopic (exact) mass is 207 g/mol. The van der Waals surface area contributed by atoms with E-state index < -0.39 is 0 Å². The van der Waals surface area contributed by atoms with Crippen molar-refractivity contribution in [1.82, 2.24) is 15.5 Å². The lowest BCUT2D eigenvalue weighted by atomic mass is 10.1. The number of hydrogen-bond acceptors (Lipinski definition) is 2. The molecule has 1 aromatic heterocycles. The first-order valence-electron chi connectivity index (χ1n) is 5.52. The molecule has 0 aliphatic heterocycles. The molecular formula is C11H17N3O. The van der Waals surface area contributed by atoms with Crippen LogP contribution in [-0.4, -0.2) is 22.6 Å². The Morgan fingerprint density at radius 3 is 3.13 bits per heavy atom. The molecule has 0 aromatic carbocycles. The van der Waals surface area contributed by atoms with E-state index in [0.717, 1.165) is 12.5 Å². The predicted molar refractivity (Wildman–Crippen MR) is 57.4 cm³/mol. The van der Waals surface area contributed by atoms with Crippen LogP contribution in [0.25, 0.3) is 0 Å². The Kier molecular flexibility index (Phi) is 3.04. The molecule has 0 radical (unpaired) electrons. The second-order valence-corrected chi connectivity index (χ2v) is 4.48. The summed E-state index contributed by atoms with van der Waals surface area (Å²) in [5, 5.41) is 9.33. The Labute approximate surface area is 89.5 Å². The highest BCUT2D eigenvalue weighted by Crippen LogP contribution is 2.29. The largest absolute Gasteiger partial charge is 0.352 e. The van der Waals surface area contributed by atoms with E-state index in [1.807, 2.05) is 0 Å². The van der Waals surface area contributed by atoms with Crippen molar-refractivity contribution in [1.29, 1.82) is 0 Å². The lowest BCUT2D eigenvalue weighted by Gasteiger charge is -2.10. The number of H-pyrrole nitrogens is 1. The van der Waals surface area contributed by atoms with E-state index in [4.69, 9.17) is 0 Å². The summed E-state index contributed by atoms with van der Waals surface area (Å²) in [5.41, 5.74) is 0.612. The van der Waals surface area contributed by atoms with Crippen LogP contribution < -0.4 is 5.32 Å². The fraction of sp³-hybridized carbons (Fsp3) is 0.636. The first kappa shape index (κ1) is 10.2. The number of aromatic nitrogens is 2. The molecule has 4 heteroatoms. The Morgan fingerprint density at radius 1 is 1.67 bits per heavy atom. The van der Waals surface area contributed by atoms with Crippen LogP contribution in [0.3, 0.4) is 0 Å². The number of nitrogens with one attached hydrogen (secondary N) is 2. The van der Waals surface area contributed by atoms with E-state index in [2.05, 4.69) is 22.4 Å². The predicted octanol–water partition coefficient (Wildman–Crippen LogP) is 1.58. The van der Waals surface area contributed by atoms with Gasteiger partial charge in [0.1, 0.15) is 0 Å². The number of hydrogen-bond donors (Lipinski definition) is 2. The molecule has 2 N–H and O–H groups in total. The van der Waals surface area contributed by atoms with Crippen LogP contribution in [0.15, 0.2) is 12.4 Å². The molecule has 1 aliphatic carbocycles. The maximum absolute atomic E-state index is 11.6. The lowest BCUT2D eigenvalue weighted by molar-refractivity contribution is 0.0947. The van der Waals surface area contributed by atoms with Crippen LogP contribution in [0.5, 0.6) is 0 Å². The topological polar surface area (TPSA) is 57.8 Å². The molecule has 4 nitrogen and oxygen atoms in total. The number of aromatic amines is 1. The van der Waals surface area contributed by atoms with Crippen LogP contribution >= 0.6 is 0 Å². The number of nitrogens with zero attached hydrogens (tertiary/aromatic N) is 1. The highest BCUT2D eigenvalue weighted by molar-refractivity contribution is 5.93. The first-order chi connectivity index (χ1) is 7.25. The smallest absolute Gasteiger partial charge is 0.254 e. The summed E-state index contributed by atoms with van der Waals surface area (Å²) >= 11 is 0. The van der Waals surface area contributed by atoms with Crippen molar-refractivity contribution < 1.29 is 4.79 Å². The SMILES string of the molecule is C[C@@H]1CC[C@H](CNC(=O)c2cn[nH]c2)C1. The van der Waals surface area contributed by atoms with Crippen molar-refractivity contribution in [3.05, 3.63) is 18.0 Å². The van der Waals surface area contributed by atoms with E-state index >= 15 is 0 Å². The molecular weight excluding hydrogens is 190 g/mol. The van der Waals surface area contributed by atoms with Gasteiger partial charge in [-0.3, -0.25) is 9.89 Å². The van der Waals surface area contributed by atoms with Gasteiger partial charge in [0.05, 0.1) is 11.8 Å². The maximum Gasteiger partial charge on any atom is 0.254 e. The third-order valence-electron chi connectivity index (χ3n) is 3.12. The summed E-state index contributed by atoms with van der Waals surface area (Å²) in [7, 11) is 0. The molecule has 2 rings (SSSR count). The number of carbonyl (C=O) groups is 1. The fourth-order valence-electron chi connectivity index (χ4n) is 2.22. The van der Waals surface area contributed by atoms with Gasteiger partial charge in [-0.1, -0.05) is 13.3 Å². The van der Waals surface area contributed by atoms with Gasteiger partial charge in [-0.25, -0.2) is 0 Å². The maximum atomic E-state index is 11.6. The summed E-state index contributed by atoms with van der Waals surface area (Å²) in [6.07, 6.45) is 6.95. The Hall–Kier alpha value is -1.32. The average molecular weight is 207 g/mol. The van der Waals surface area contributed by atoms with Crippen molar-refractivity contribution in [3.8, 4) is 0 Å². The molecule has 1 aliphatic rings. The third kappa shape index (κ3) is 2.58. The standard InChI is InChI=1S/C11H17N3O/c1-8-2-3-9(4-8)5-12-11(15)10-6-13-14-7-10/h6-9H,2-5H2,1H3,(H,12,15)(H,13,14)/t8-,9+/m1/s1. The van der Waals surface area contributed by atoms with Gasteiger partial charge in [-0.2, -0.15) is 5.10 Å². The Morgan fingerprint density at radius 2 is 2.53 bits per heavy atom. The Bertz CT molecular complexity index is 321. The molecule has 1 heterocycles. The summed E-state index contributed by atoms with van der Waals surface area (Å²) in [4.78, 5) is 11.6. The third-order valence-corrected chi connectivity index (χ3v) is 3.12. The first-order valence-corrected chi connectivity index (χ1v) is 5.52. The van der Waals surface area contributed by atoms with Gasteiger partial charge >= 0.3 is 0 Å². The molecule has 1 aromatic rings. The number of amides is 1. The van der Waals surface area contributed by atoms with E-state index in [0.29, 0.717) is 11.5 Å². The normalized spacial score (nSPS) is 25.4. The van der Waals surface area contributed by atoms with Crippen LogP contribution in [-0.2, 0) is 0 Å². The zero-order chi connectivity index (χ0) is 10.7. The highest BCUT2D eigenvalue weighted by atomic mass is 16.1. The molecule has 0 saturated heterocycles. The molecule has 1 amide bonds. The minimum absolute atomic E-state index is 0.0247. The van der Waals surface area contributed by atoms with Gasteiger partial charge in [0.25, 0.3) is 5.91 Å². The van der Waals surface area contributed by atoms with Crippen molar-refractivity contribution in [2.24, 2.45) is 11.8 Å². The van der Waals surface area contributed by atoms with E-state index in [1.54, 1.807) is 12.4 Å². The molecule has 0 spiro atoms. The molecule has 1 fully saturated rings. The molecule has 82 valence electrons. The van der Waals surface area contributed by atoms with Crippen molar-refractivity contribution in [3.63, 3.8) is 0 Å². The average Bonchev–Trinajstić information content (AvgIpc) is 2.84. The fourth-order valence-corrected chi connectivity index (χ4v) is 2.22. The minimum Gasteiger partial charge on any atom is -0.352 e. The van der Waals surface area contributed by atoms with Crippen LogP contribution in [0.1, 0.15) is 36.5 Å². The lowest BCUT2D eigenvalue weighted by Crippen LogP contribution is -2.28. The number of carbonyl (C=O) groups excluding carboxylic acids is 1. The van der Waals surface area contributed by atoms with E-state index in [9.17, 15) is 4.79 Å². The van der Waals surface area contributed by atoms with E-state index in [1.165, 1.54) is 19.3 Å². The summed E-state index contributed by atoms with van der Waals surface area (Å²) in [6, 6.07) is 0. The Balaban J connectivity index is 1.76. The second kappa shape index (κ2) is 4.47. The van der Waals surface area contributed by atoms with Gasteiger partial charge in [0.2, 0.25) is 0 Å². The van der Waals surface area contributed by atoms with Gasteiger partial charge in [0, 0.05) is 12.7 Å². The molecule has 2 atom stereocenters. The molecule has 15 heavy (non-hydrogen) atoms.